The van der Waals surface area contributed by atoms with E-state index in [0.29, 0.717) is 23.1 Å². The number of nitrogens with zero attached hydrogens (tertiary/aromatic N) is 2. The number of nitrogens with one attached hydrogen (secondary N) is 1. The summed E-state index contributed by atoms with van der Waals surface area (Å²) in [7, 11) is 3.20. The van der Waals surface area contributed by atoms with Gasteiger partial charge in [0.2, 0.25) is 5.78 Å². The van der Waals surface area contributed by atoms with Gasteiger partial charge in [-0.15, -0.1) is 0 Å². The minimum atomic E-state index is -2.68. The lowest BCUT2D eigenvalue weighted by atomic mass is 9.58. The van der Waals surface area contributed by atoms with Crippen molar-refractivity contribution in [2.24, 2.45) is 23.5 Å². The summed E-state index contributed by atoms with van der Waals surface area (Å²) in [6.45, 7) is 6.06. The second-order valence-corrected chi connectivity index (χ2v) is 12.4. The number of benzene rings is 1. The molecule has 11 nitrogen and oxygen atoms in total. The molecule has 0 fully saturated rings. The molecule has 3 aliphatic rings. The van der Waals surface area contributed by atoms with E-state index in [2.05, 4.69) is 17.1 Å². The number of carbonyl (C=O) groups is 3. The number of aromatic hydroxyl groups is 1. The Kier molecular flexibility index (Phi) is 7.60. The van der Waals surface area contributed by atoms with Crippen LogP contribution in [0.25, 0.3) is 11.1 Å². The fraction of sp³-hybridized carbons (Fsp3) is 0.438. The number of carbonyl (C=O) groups excluding carboxylic acids is 3. The van der Waals surface area contributed by atoms with Crippen LogP contribution in [0.15, 0.2) is 52.8 Å². The summed E-state index contributed by atoms with van der Waals surface area (Å²) < 4.78 is 0. The van der Waals surface area contributed by atoms with E-state index in [1.807, 2.05) is 26.0 Å². The Morgan fingerprint density at radius 3 is 2.56 bits per heavy atom. The number of fused-ring (bicyclic) bond motifs is 3. The fourth-order valence-corrected chi connectivity index (χ4v) is 7.30. The molecular weight excluding hydrogens is 552 g/mol. The molecule has 7 N–H and O–H groups in total. The number of phenols is 1. The van der Waals surface area contributed by atoms with Crippen molar-refractivity contribution >= 4 is 17.5 Å². The molecule has 0 spiro atoms. The zero-order chi connectivity index (χ0) is 31.5. The average Bonchev–Trinajstić information content (AvgIpc) is 3.46. The minimum absolute atomic E-state index is 0.00411. The van der Waals surface area contributed by atoms with Gasteiger partial charge in [-0.1, -0.05) is 18.6 Å². The first-order valence-corrected chi connectivity index (χ1v) is 14.4. The van der Waals surface area contributed by atoms with E-state index in [0.717, 1.165) is 12.0 Å². The Bertz CT molecular complexity index is 1620. The number of amides is 1. The lowest BCUT2D eigenvalue weighted by Crippen LogP contribution is -2.63. The van der Waals surface area contributed by atoms with Gasteiger partial charge in [0.25, 0.3) is 5.91 Å². The van der Waals surface area contributed by atoms with Crippen molar-refractivity contribution in [2.75, 3.05) is 14.1 Å². The number of hydrogen-bond donors (Lipinski definition) is 6. The Balaban J connectivity index is 1.70. The molecule has 1 unspecified atom stereocenters. The molecule has 5 atom stereocenters. The Morgan fingerprint density at radius 1 is 1.28 bits per heavy atom. The van der Waals surface area contributed by atoms with E-state index >= 15 is 0 Å². The molecule has 11 heteroatoms. The molecule has 0 saturated carbocycles. The molecule has 43 heavy (non-hydrogen) atoms. The van der Waals surface area contributed by atoms with Crippen molar-refractivity contribution in [1.29, 1.82) is 0 Å². The Labute approximate surface area is 249 Å². The molecule has 1 heterocycles. The van der Waals surface area contributed by atoms with Gasteiger partial charge in [0.05, 0.1) is 17.8 Å². The van der Waals surface area contributed by atoms with Crippen LogP contribution in [0.3, 0.4) is 0 Å². The van der Waals surface area contributed by atoms with Crippen LogP contribution in [0, 0.1) is 17.8 Å². The topological polar surface area (TPSA) is 190 Å². The van der Waals surface area contributed by atoms with Crippen LogP contribution in [-0.2, 0) is 22.4 Å². The molecule has 228 valence electrons. The Morgan fingerprint density at radius 2 is 1.98 bits per heavy atom. The number of ketones is 2. The molecule has 5 rings (SSSR count). The number of likely N-dealkylation sites (N-methyl/N-ethyl adjacent to an activating group) is 1. The number of nitrogens with two attached hydrogens (primary N) is 1. The van der Waals surface area contributed by atoms with Crippen molar-refractivity contribution in [3.63, 3.8) is 0 Å². The minimum Gasteiger partial charge on any atom is -0.510 e. The first kappa shape index (κ1) is 30.2. The van der Waals surface area contributed by atoms with Gasteiger partial charge in [-0.2, -0.15) is 5.10 Å². The van der Waals surface area contributed by atoms with Gasteiger partial charge < -0.3 is 26.2 Å². The number of rotatable bonds is 7. The SMILES string of the molecule is C/C=C(\C)CC(C)Cc1cc(-c2cn[nH]c2)c2c(c1O)C(=O)C1=C(O)[C@]3(O)C(=O)C(C(N)=O)=C(O)[C@@H](N(C)C)[C@@H]3C[C@@H]1C2. The van der Waals surface area contributed by atoms with Crippen LogP contribution >= 0.6 is 0 Å². The number of allylic oxidation sites excluding steroid dienone is 3. The van der Waals surface area contributed by atoms with Crippen LogP contribution in [0.5, 0.6) is 5.75 Å². The number of hydrogen-bond acceptors (Lipinski definition) is 9. The number of aromatic amines is 1. The van der Waals surface area contributed by atoms with Crippen LogP contribution < -0.4 is 5.73 Å². The van der Waals surface area contributed by atoms with Crippen LogP contribution in [-0.4, -0.2) is 78.7 Å². The highest BCUT2D eigenvalue weighted by molar-refractivity contribution is 6.25. The molecule has 3 aliphatic carbocycles. The van der Waals surface area contributed by atoms with Gasteiger partial charge in [-0.3, -0.25) is 24.4 Å². The first-order chi connectivity index (χ1) is 20.2. The van der Waals surface area contributed by atoms with E-state index in [1.54, 1.807) is 26.5 Å². The maximum atomic E-state index is 14.3. The van der Waals surface area contributed by atoms with Gasteiger partial charge in [-0.05, 0) is 88.2 Å². The number of aromatic nitrogens is 2. The molecule has 0 aliphatic heterocycles. The monoisotopic (exact) mass is 590 g/mol. The van der Waals surface area contributed by atoms with Gasteiger partial charge in [0, 0.05) is 23.3 Å². The standard InChI is InChI=1S/C32H38N4O7/c1-6-14(2)7-15(3)8-17-10-19(18-12-34-35-13-18)20-9-16-11-21-25(36(4)5)28(39)24(31(33)42)30(41)32(21,43)29(40)22(16)27(38)23(20)26(17)37/h6,10,12-13,15-16,21,25,37,39-40,43H,7-9,11H2,1-5H3,(H2,33,42)(H,34,35)/b14-6+/t15?,16-,21-,25-,32-/m0/s1. The second-order valence-electron chi connectivity index (χ2n) is 12.4. The summed E-state index contributed by atoms with van der Waals surface area (Å²) in [4.78, 5) is 41.6. The zero-order valence-corrected chi connectivity index (χ0v) is 24.9. The van der Waals surface area contributed by atoms with Crippen molar-refractivity contribution in [2.45, 2.75) is 58.1 Å². The molecule has 1 aromatic carbocycles. The quantitative estimate of drug-likeness (QED) is 0.208. The number of H-pyrrole nitrogens is 1. The van der Waals surface area contributed by atoms with Gasteiger partial charge in [0.1, 0.15) is 22.8 Å². The van der Waals surface area contributed by atoms with E-state index in [9.17, 15) is 34.8 Å². The predicted molar refractivity (Wildman–Crippen MR) is 158 cm³/mol. The number of phenolic OH excluding ortho intramolecular Hbond substituents is 1. The van der Waals surface area contributed by atoms with E-state index < -0.39 is 58.0 Å². The summed E-state index contributed by atoms with van der Waals surface area (Å²) in [6.07, 6.45) is 6.86. The Hall–Kier alpha value is -4.22. The molecule has 2 aromatic rings. The lowest BCUT2D eigenvalue weighted by Gasteiger charge is -2.50. The van der Waals surface area contributed by atoms with Crippen molar-refractivity contribution in [3.05, 3.63) is 69.5 Å². The highest BCUT2D eigenvalue weighted by atomic mass is 16.3. The summed E-state index contributed by atoms with van der Waals surface area (Å²) >= 11 is 0. The van der Waals surface area contributed by atoms with E-state index in [4.69, 9.17) is 5.73 Å². The molecule has 0 radical (unpaired) electrons. The maximum absolute atomic E-state index is 14.3. The largest absolute Gasteiger partial charge is 0.510 e. The van der Waals surface area contributed by atoms with Gasteiger partial charge in [0.15, 0.2) is 11.4 Å². The molecule has 1 aromatic heterocycles. The maximum Gasteiger partial charge on any atom is 0.255 e. The number of aliphatic hydroxyl groups excluding tert-OH is 2. The van der Waals surface area contributed by atoms with Crippen molar-refractivity contribution in [3.8, 4) is 16.9 Å². The summed E-state index contributed by atoms with van der Waals surface area (Å²) in [5, 5.41) is 52.9. The molecule has 1 amide bonds. The second kappa shape index (κ2) is 10.8. The smallest absolute Gasteiger partial charge is 0.255 e. The summed E-state index contributed by atoms with van der Waals surface area (Å²) in [6, 6.07) is 0.832. The molecular formula is C32H38N4O7. The van der Waals surface area contributed by atoms with Gasteiger partial charge in [-0.25, -0.2) is 0 Å². The summed E-state index contributed by atoms with van der Waals surface area (Å²) in [5.74, 6) is -6.49. The van der Waals surface area contributed by atoms with Gasteiger partial charge >= 0.3 is 0 Å². The molecule has 0 bridgehead atoms. The highest BCUT2D eigenvalue weighted by Gasteiger charge is 2.63. The third-order valence-electron chi connectivity index (χ3n) is 9.34. The first-order valence-electron chi connectivity index (χ1n) is 14.4. The van der Waals surface area contributed by atoms with Crippen molar-refractivity contribution < 1.29 is 34.8 Å². The third kappa shape index (κ3) is 4.58. The highest BCUT2D eigenvalue weighted by Crippen LogP contribution is 2.53. The summed E-state index contributed by atoms with van der Waals surface area (Å²) in [5.41, 5.74) is 5.49. The van der Waals surface area contributed by atoms with Crippen molar-refractivity contribution in [1.82, 2.24) is 15.1 Å². The fourth-order valence-electron chi connectivity index (χ4n) is 7.30. The normalized spacial score (nSPS) is 26.4. The van der Waals surface area contributed by atoms with Crippen LogP contribution in [0.2, 0.25) is 0 Å². The van der Waals surface area contributed by atoms with E-state index in [1.165, 1.54) is 10.5 Å². The van der Waals surface area contributed by atoms with E-state index in [-0.39, 0.29) is 35.6 Å². The molecule has 0 saturated heterocycles. The van der Waals surface area contributed by atoms with Crippen LogP contribution in [0.4, 0.5) is 0 Å². The third-order valence-corrected chi connectivity index (χ3v) is 9.34. The number of Topliss-reactive ketones (excluding diaryl/α,β-unsaturated/α-hetero) is 2. The average molecular weight is 591 g/mol. The van der Waals surface area contributed by atoms with Crippen LogP contribution in [0.1, 0.15) is 55.1 Å². The lowest BCUT2D eigenvalue weighted by molar-refractivity contribution is -0.148. The predicted octanol–water partition coefficient (Wildman–Crippen LogP) is 3.05. The number of primary amides is 1. The number of aliphatic hydroxyl groups is 3. The zero-order valence-electron chi connectivity index (χ0n) is 24.9.